The molecule has 8 rings (SSSR count). The maximum absolute atomic E-state index is 4.86. The predicted octanol–water partition coefficient (Wildman–Crippen LogP) is 8.98. The third-order valence-electron chi connectivity index (χ3n) is 9.88. The molecule has 1 aliphatic carbocycles. The molecular formula is C40H34N4. The zero-order valence-corrected chi connectivity index (χ0v) is 25.7. The van der Waals surface area contributed by atoms with Gasteiger partial charge in [0, 0.05) is 41.2 Å². The van der Waals surface area contributed by atoms with Crippen LogP contribution >= 0.6 is 0 Å². The van der Waals surface area contributed by atoms with E-state index in [1.54, 1.807) is 0 Å². The minimum absolute atomic E-state index is 0.0893. The van der Waals surface area contributed by atoms with E-state index in [0.717, 1.165) is 54.1 Å². The van der Waals surface area contributed by atoms with Crippen LogP contribution in [-0.2, 0) is 10.8 Å². The van der Waals surface area contributed by atoms with Gasteiger partial charge in [0.05, 0.1) is 28.8 Å². The SMILES string of the molecule is CC1(C)C2=C(CCC=C2)N(C2=C(c3c#cncc3N3c4c#cccc4C(C)(C)c4ccccc43)CCN=C2)c2ccccc21. The van der Waals surface area contributed by atoms with E-state index in [4.69, 9.17) is 4.99 Å². The van der Waals surface area contributed by atoms with Crippen molar-refractivity contribution in [3.8, 4) is 0 Å². The minimum atomic E-state index is -0.185. The molecule has 0 amide bonds. The van der Waals surface area contributed by atoms with Crippen molar-refractivity contribution in [2.75, 3.05) is 16.3 Å². The highest BCUT2D eigenvalue weighted by atomic mass is 15.2. The Morgan fingerprint density at radius 3 is 2.34 bits per heavy atom. The number of rotatable bonds is 3. The number of hydrogen-bond acceptors (Lipinski definition) is 4. The lowest BCUT2D eigenvalue weighted by Crippen LogP contribution is -2.38. The molecule has 0 bridgehead atoms. The van der Waals surface area contributed by atoms with E-state index >= 15 is 0 Å². The first-order valence-corrected chi connectivity index (χ1v) is 15.5. The Morgan fingerprint density at radius 2 is 1.52 bits per heavy atom. The number of dihydropyridines is 1. The maximum atomic E-state index is 4.86. The number of aromatic nitrogens is 1. The lowest BCUT2D eigenvalue weighted by atomic mass is 9.71. The van der Waals surface area contributed by atoms with Crippen LogP contribution in [0, 0.1) is 24.4 Å². The van der Waals surface area contributed by atoms with Crippen LogP contribution in [0.2, 0.25) is 0 Å². The van der Waals surface area contributed by atoms with Gasteiger partial charge in [-0.15, -0.1) is 0 Å². The molecule has 4 heteroatoms. The number of para-hydroxylation sites is 2. The van der Waals surface area contributed by atoms with Gasteiger partial charge >= 0.3 is 0 Å². The summed E-state index contributed by atoms with van der Waals surface area (Å²) >= 11 is 0. The minimum Gasteiger partial charge on any atom is -0.312 e. The summed E-state index contributed by atoms with van der Waals surface area (Å²) in [6.07, 6.45) is 14.6. The number of allylic oxidation sites excluding steroid dienone is 5. The van der Waals surface area contributed by atoms with Gasteiger partial charge in [0.25, 0.3) is 0 Å². The second-order valence-corrected chi connectivity index (χ2v) is 13.0. The summed E-state index contributed by atoms with van der Waals surface area (Å²) < 4.78 is 0. The highest BCUT2D eigenvalue weighted by molar-refractivity contribution is 6.01. The second kappa shape index (κ2) is 9.73. The third-order valence-corrected chi connectivity index (χ3v) is 9.88. The fourth-order valence-corrected chi connectivity index (χ4v) is 7.68. The van der Waals surface area contributed by atoms with Crippen LogP contribution in [-0.4, -0.2) is 17.7 Å². The molecule has 214 valence electrons. The molecule has 3 aliphatic heterocycles. The van der Waals surface area contributed by atoms with Gasteiger partial charge in [0.2, 0.25) is 0 Å². The standard InChI is InChI=1S/C40H34N4/c1-39(2)29-13-5-9-17-33(29)43(34-18-10-6-14-30(34)39)37-25-41-23-21-27(37)28-22-24-42-26-38(28)44-35-19-11-7-15-31(35)40(3,4)32-16-8-12-20-36(32)44/h5-9,11,13-17,19,25-26H,10,18,21,23H2,1-4H3. The number of aliphatic imine (C=N–C) groups is 1. The fraction of sp³-hybridized carbons (Fsp3) is 0.250. The Labute approximate surface area is 260 Å². The van der Waals surface area contributed by atoms with Crippen LogP contribution in [0.15, 0.2) is 101 Å². The van der Waals surface area contributed by atoms with Gasteiger partial charge < -0.3 is 4.90 Å². The average Bonchev–Trinajstić information content (AvgIpc) is 3.06. The molecule has 0 saturated heterocycles. The molecule has 0 radical (unpaired) electrons. The molecule has 0 saturated carbocycles. The summed E-state index contributed by atoms with van der Waals surface area (Å²) in [7, 11) is 0. The van der Waals surface area contributed by atoms with Crippen molar-refractivity contribution in [2.45, 2.75) is 57.8 Å². The molecule has 4 nitrogen and oxygen atoms in total. The number of nitrogens with zero attached hydrogens (tertiary/aromatic N) is 4. The van der Waals surface area contributed by atoms with E-state index in [0.29, 0.717) is 0 Å². The van der Waals surface area contributed by atoms with E-state index in [9.17, 15) is 0 Å². The van der Waals surface area contributed by atoms with Crippen LogP contribution in [0.25, 0.3) is 5.57 Å². The van der Waals surface area contributed by atoms with Crippen molar-refractivity contribution >= 4 is 34.5 Å². The first-order valence-electron chi connectivity index (χ1n) is 15.5. The Bertz CT molecular complexity index is 1890. The maximum Gasteiger partial charge on any atom is 0.102 e. The molecule has 4 aliphatic rings. The van der Waals surface area contributed by atoms with E-state index in [1.165, 1.54) is 39.2 Å². The average molecular weight is 571 g/mol. The largest absolute Gasteiger partial charge is 0.312 e. The molecule has 4 aromatic rings. The van der Waals surface area contributed by atoms with Gasteiger partial charge in [0.15, 0.2) is 0 Å². The van der Waals surface area contributed by atoms with Gasteiger partial charge in [-0.3, -0.25) is 9.89 Å². The number of fused-ring (bicyclic) bond motifs is 3. The van der Waals surface area contributed by atoms with Crippen molar-refractivity contribution in [3.05, 3.63) is 143 Å². The number of anilines is 4. The molecule has 0 spiro atoms. The Hall–Kier alpha value is -5.06. The van der Waals surface area contributed by atoms with Crippen molar-refractivity contribution in [1.82, 2.24) is 4.98 Å². The summed E-state index contributed by atoms with van der Waals surface area (Å²) in [5.41, 5.74) is 13.9. The summed E-state index contributed by atoms with van der Waals surface area (Å²) in [5.74, 6) is 0. The highest BCUT2D eigenvalue weighted by Gasteiger charge is 2.41. The Balaban J connectivity index is 1.38. The second-order valence-electron chi connectivity index (χ2n) is 13.0. The quantitative estimate of drug-likeness (QED) is 0.246. The predicted molar refractivity (Wildman–Crippen MR) is 179 cm³/mol. The fourth-order valence-electron chi connectivity index (χ4n) is 7.68. The van der Waals surface area contributed by atoms with Gasteiger partial charge in [-0.2, -0.15) is 0 Å². The Morgan fingerprint density at radius 1 is 0.773 bits per heavy atom. The van der Waals surface area contributed by atoms with Crippen LogP contribution in [0.1, 0.15) is 69.2 Å². The number of hydrogen-bond donors (Lipinski definition) is 0. The van der Waals surface area contributed by atoms with Crippen molar-refractivity contribution in [1.29, 1.82) is 0 Å². The van der Waals surface area contributed by atoms with Crippen LogP contribution in [0.4, 0.5) is 22.7 Å². The summed E-state index contributed by atoms with van der Waals surface area (Å²) in [4.78, 5) is 14.2. The number of benzene rings is 2. The summed E-state index contributed by atoms with van der Waals surface area (Å²) in [5, 5.41) is 0. The van der Waals surface area contributed by atoms with Gasteiger partial charge in [0.1, 0.15) is 5.69 Å². The smallest absolute Gasteiger partial charge is 0.102 e. The zero-order valence-electron chi connectivity index (χ0n) is 25.7. The first kappa shape index (κ1) is 26.6. The molecular weight excluding hydrogens is 536 g/mol. The van der Waals surface area contributed by atoms with Crippen LogP contribution < -0.4 is 9.80 Å². The van der Waals surface area contributed by atoms with E-state index in [2.05, 4.69) is 140 Å². The van der Waals surface area contributed by atoms with E-state index in [-0.39, 0.29) is 10.8 Å². The molecule has 1 aromatic heterocycles. The molecule has 0 unspecified atom stereocenters. The highest BCUT2D eigenvalue weighted by Crippen LogP contribution is 2.53. The molecule has 4 heterocycles. The first-order chi connectivity index (χ1) is 21.4. The molecule has 0 N–H and O–H groups in total. The topological polar surface area (TPSA) is 31.7 Å². The van der Waals surface area contributed by atoms with Crippen LogP contribution in [0.3, 0.4) is 0 Å². The molecule has 0 fully saturated rings. The molecule has 0 atom stereocenters. The summed E-state index contributed by atoms with van der Waals surface area (Å²) in [6.45, 7) is 10.0. The Kier molecular flexibility index (Phi) is 5.87. The van der Waals surface area contributed by atoms with E-state index < -0.39 is 0 Å². The normalized spacial score (nSPS) is 19.0. The lowest BCUT2D eigenvalue weighted by molar-refractivity contribution is 0.601. The zero-order chi connectivity index (χ0) is 30.1. The molecule has 3 aromatic carbocycles. The molecule has 44 heavy (non-hydrogen) atoms. The van der Waals surface area contributed by atoms with Crippen LogP contribution in [0.5, 0.6) is 0 Å². The van der Waals surface area contributed by atoms with E-state index in [1.807, 2.05) is 12.3 Å². The third kappa shape index (κ3) is 3.74. The van der Waals surface area contributed by atoms with Gasteiger partial charge in [-0.25, -0.2) is 4.98 Å². The van der Waals surface area contributed by atoms with Crippen molar-refractivity contribution in [2.24, 2.45) is 4.99 Å². The van der Waals surface area contributed by atoms with Crippen molar-refractivity contribution < 1.29 is 0 Å². The lowest BCUT2D eigenvalue weighted by Gasteiger charge is -2.45. The monoisotopic (exact) mass is 570 g/mol. The van der Waals surface area contributed by atoms with Gasteiger partial charge in [-0.05, 0) is 83.5 Å². The van der Waals surface area contributed by atoms with Crippen molar-refractivity contribution in [3.63, 3.8) is 0 Å². The van der Waals surface area contributed by atoms with Gasteiger partial charge in [-0.1, -0.05) is 82.3 Å². The summed E-state index contributed by atoms with van der Waals surface area (Å²) in [6, 6.07) is 31.9.